The molecule has 2 heterocycles. The molecular formula is C21H23FN4OS. The lowest BCUT2D eigenvalue weighted by Crippen LogP contribution is -2.48. The molecule has 1 fully saturated rings. The predicted molar refractivity (Wildman–Crippen MR) is 113 cm³/mol. The number of piperazine rings is 1. The SMILES string of the molecule is Cc1cccc(C)c1NC(=O)CN1CCN(c2nc3cccc(F)c3s2)CC1. The van der Waals surface area contributed by atoms with Gasteiger partial charge in [-0.05, 0) is 37.1 Å². The Bertz CT molecular complexity index is 991. The molecule has 0 spiro atoms. The van der Waals surface area contributed by atoms with Crippen LogP contribution in [0.15, 0.2) is 36.4 Å². The molecule has 7 heteroatoms. The Morgan fingerprint density at radius 1 is 1.11 bits per heavy atom. The average molecular weight is 399 g/mol. The van der Waals surface area contributed by atoms with Crippen molar-refractivity contribution in [1.82, 2.24) is 9.88 Å². The fraction of sp³-hybridized carbons (Fsp3) is 0.333. The summed E-state index contributed by atoms with van der Waals surface area (Å²) in [4.78, 5) is 21.4. The standard InChI is InChI=1S/C21H23FN4OS/c1-14-5-3-6-15(2)19(14)24-18(27)13-25-9-11-26(12-10-25)21-23-17-8-4-7-16(22)20(17)28-21/h3-8H,9-13H2,1-2H3,(H,24,27). The van der Waals surface area contributed by atoms with E-state index < -0.39 is 0 Å². The van der Waals surface area contributed by atoms with Crippen LogP contribution in [-0.4, -0.2) is 48.5 Å². The van der Waals surface area contributed by atoms with Crippen LogP contribution in [0.4, 0.5) is 15.2 Å². The summed E-state index contributed by atoms with van der Waals surface area (Å²) in [7, 11) is 0. The number of para-hydroxylation sites is 1. The van der Waals surface area contributed by atoms with E-state index in [0.717, 1.165) is 48.1 Å². The van der Waals surface area contributed by atoms with E-state index in [9.17, 15) is 9.18 Å². The van der Waals surface area contributed by atoms with Gasteiger partial charge in [-0.3, -0.25) is 9.69 Å². The lowest BCUT2D eigenvalue weighted by Gasteiger charge is -2.34. The number of rotatable bonds is 4. The lowest BCUT2D eigenvalue weighted by atomic mass is 10.1. The number of aromatic nitrogens is 1. The molecule has 3 aromatic rings. The monoisotopic (exact) mass is 398 g/mol. The van der Waals surface area contributed by atoms with Gasteiger partial charge in [-0.1, -0.05) is 35.6 Å². The smallest absolute Gasteiger partial charge is 0.238 e. The third kappa shape index (κ3) is 3.86. The molecule has 1 aliphatic heterocycles. The molecule has 1 saturated heterocycles. The van der Waals surface area contributed by atoms with Crippen molar-refractivity contribution in [3.8, 4) is 0 Å². The highest BCUT2D eigenvalue weighted by atomic mass is 32.1. The first-order valence-electron chi connectivity index (χ1n) is 9.39. The van der Waals surface area contributed by atoms with Gasteiger partial charge in [0.15, 0.2) is 5.13 Å². The van der Waals surface area contributed by atoms with Gasteiger partial charge in [0, 0.05) is 31.9 Å². The Balaban J connectivity index is 1.35. The Labute approximate surface area is 167 Å². The van der Waals surface area contributed by atoms with Gasteiger partial charge >= 0.3 is 0 Å². The molecular weight excluding hydrogens is 375 g/mol. The van der Waals surface area contributed by atoms with Crippen molar-refractivity contribution in [1.29, 1.82) is 0 Å². The van der Waals surface area contributed by atoms with E-state index in [1.807, 2.05) is 38.1 Å². The zero-order valence-corrected chi connectivity index (χ0v) is 16.9. The van der Waals surface area contributed by atoms with E-state index in [1.165, 1.54) is 17.4 Å². The quantitative estimate of drug-likeness (QED) is 0.726. The topological polar surface area (TPSA) is 48.5 Å². The molecule has 0 atom stereocenters. The molecule has 146 valence electrons. The molecule has 1 aromatic heterocycles. The van der Waals surface area contributed by atoms with Gasteiger partial charge in [0.1, 0.15) is 5.82 Å². The fourth-order valence-electron chi connectivity index (χ4n) is 3.53. The second-order valence-electron chi connectivity index (χ2n) is 7.16. The maximum atomic E-state index is 13.9. The van der Waals surface area contributed by atoms with Crippen LogP contribution in [0.2, 0.25) is 0 Å². The maximum absolute atomic E-state index is 13.9. The predicted octanol–water partition coefficient (Wildman–Crippen LogP) is 3.81. The number of nitrogens with one attached hydrogen (secondary N) is 1. The first kappa shape index (κ1) is 18.8. The van der Waals surface area contributed by atoms with E-state index in [4.69, 9.17) is 0 Å². The molecule has 1 amide bonds. The van der Waals surface area contributed by atoms with Gasteiger partial charge in [-0.2, -0.15) is 0 Å². The summed E-state index contributed by atoms with van der Waals surface area (Å²) in [5, 5.41) is 3.89. The Kier molecular flexibility index (Phi) is 5.28. The molecule has 0 radical (unpaired) electrons. The number of amides is 1. The van der Waals surface area contributed by atoms with Gasteiger partial charge in [-0.15, -0.1) is 0 Å². The van der Waals surface area contributed by atoms with Crippen LogP contribution < -0.4 is 10.2 Å². The molecule has 0 bridgehead atoms. The van der Waals surface area contributed by atoms with Gasteiger partial charge in [0.25, 0.3) is 0 Å². The van der Waals surface area contributed by atoms with E-state index >= 15 is 0 Å². The number of carbonyl (C=O) groups excluding carboxylic acids is 1. The molecule has 1 aliphatic rings. The van der Waals surface area contributed by atoms with Crippen molar-refractivity contribution in [3.63, 3.8) is 0 Å². The summed E-state index contributed by atoms with van der Waals surface area (Å²) < 4.78 is 14.5. The van der Waals surface area contributed by atoms with Crippen molar-refractivity contribution in [2.45, 2.75) is 13.8 Å². The summed E-state index contributed by atoms with van der Waals surface area (Å²) in [6.45, 7) is 7.48. The second-order valence-corrected chi connectivity index (χ2v) is 8.14. The van der Waals surface area contributed by atoms with Crippen LogP contribution in [0.3, 0.4) is 0 Å². The van der Waals surface area contributed by atoms with Crippen molar-refractivity contribution < 1.29 is 9.18 Å². The van der Waals surface area contributed by atoms with Gasteiger partial charge in [0.2, 0.25) is 5.91 Å². The molecule has 0 unspecified atom stereocenters. The van der Waals surface area contributed by atoms with E-state index in [2.05, 4.69) is 20.1 Å². The molecule has 0 aliphatic carbocycles. The molecule has 4 rings (SSSR count). The largest absolute Gasteiger partial charge is 0.345 e. The van der Waals surface area contributed by atoms with E-state index in [1.54, 1.807) is 6.07 Å². The number of benzene rings is 2. The number of hydrogen-bond acceptors (Lipinski definition) is 5. The van der Waals surface area contributed by atoms with Crippen molar-refractivity contribution in [3.05, 3.63) is 53.3 Å². The number of nitrogens with zero attached hydrogens (tertiary/aromatic N) is 3. The number of halogens is 1. The highest BCUT2D eigenvalue weighted by Gasteiger charge is 2.22. The van der Waals surface area contributed by atoms with Crippen LogP contribution in [0, 0.1) is 19.7 Å². The van der Waals surface area contributed by atoms with Crippen molar-refractivity contribution in [2.75, 3.05) is 42.9 Å². The summed E-state index contributed by atoms with van der Waals surface area (Å²) in [5.74, 6) is -0.212. The minimum absolute atomic E-state index is 0.00732. The van der Waals surface area contributed by atoms with Crippen LogP contribution in [0.1, 0.15) is 11.1 Å². The minimum Gasteiger partial charge on any atom is -0.345 e. The number of hydrogen-bond donors (Lipinski definition) is 1. The van der Waals surface area contributed by atoms with Crippen LogP contribution in [-0.2, 0) is 4.79 Å². The first-order valence-corrected chi connectivity index (χ1v) is 10.2. The second kappa shape index (κ2) is 7.85. The normalized spacial score (nSPS) is 15.2. The zero-order valence-electron chi connectivity index (χ0n) is 16.0. The highest BCUT2D eigenvalue weighted by molar-refractivity contribution is 7.22. The third-order valence-corrected chi connectivity index (χ3v) is 6.25. The highest BCUT2D eigenvalue weighted by Crippen LogP contribution is 2.31. The zero-order chi connectivity index (χ0) is 19.7. The maximum Gasteiger partial charge on any atom is 0.238 e. The summed E-state index contributed by atoms with van der Waals surface area (Å²) in [6.07, 6.45) is 0. The molecule has 2 aromatic carbocycles. The minimum atomic E-state index is -0.219. The van der Waals surface area contributed by atoms with Crippen LogP contribution in [0.5, 0.6) is 0 Å². The molecule has 0 saturated carbocycles. The molecule has 1 N–H and O–H groups in total. The average Bonchev–Trinajstić information content (AvgIpc) is 3.11. The number of fused-ring (bicyclic) bond motifs is 1. The Hall–Kier alpha value is -2.51. The summed E-state index contributed by atoms with van der Waals surface area (Å²) >= 11 is 1.39. The van der Waals surface area contributed by atoms with Crippen molar-refractivity contribution >= 4 is 38.3 Å². The van der Waals surface area contributed by atoms with E-state index in [-0.39, 0.29) is 11.7 Å². The number of carbonyl (C=O) groups is 1. The number of thiazole rings is 1. The van der Waals surface area contributed by atoms with Gasteiger partial charge < -0.3 is 10.2 Å². The first-order chi connectivity index (χ1) is 13.5. The molecule has 5 nitrogen and oxygen atoms in total. The van der Waals surface area contributed by atoms with Gasteiger partial charge in [0.05, 0.1) is 16.8 Å². The summed E-state index contributed by atoms with van der Waals surface area (Å²) in [5.41, 5.74) is 3.75. The Morgan fingerprint density at radius 3 is 2.46 bits per heavy atom. The molecule has 28 heavy (non-hydrogen) atoms. The number of aryl methyl sites for hydroxylation is 2. The van der Waals surface area contributed by atoms with E-state index in [0.29, 0.717) is 16.8 Å². The fourth-order valence-corrected chi connectivity index (χ4v) is 4.55. The number of anilines is 2. The van der Waals surface area contributed by atoms with Crippen LogP contribution >= 0.6 is 11.3 Å². The summed E-state index contributed by atoms with van der Waals surface area (Å²) in [6, 6.07) is 11.0. The Morgan fingerprint density at radius 2 is 1.79 bits per heavy atom. The third-order valence-electron chi connectivity index (χ3n) is 5.11. The van der Waals surface area contributed by atoms with Gasteiger partial charge in [-0.25, -0.2) is 9.37 Å². The van der Waals surface area contributed by atoms with Crippen molar-refractivity contribution in [2.24, 2.45) is 0 Å². The lowest BCUT2D eigenvalue weighted by molar-refractivity contribution is -0.117. The van der Waals surface area contributed by atoms with Crippen LogP contribution in [0.25, 0.3) is 10.2 Å².